The van der Waals surface area contributed by atoms with Crippen molar-refractivity contribution in [3.8, 4) is 0 Å². The van der Waals surface area contributed by atoms with Crippen molar-refractivity contribution in [3.63, 3.8) is 0 Å². The molecule has 0 aliphatic heterocycles. The summed E-state index contributed by atoms with van der Waals surface area (Å²) in [4.78, 5) is 21.6. The maximum atomic E-state index is 8.88. The Hall–Kier alpha value is 1.37. The Morgan fingerprint density at radius 1 is 1.14 bits per heavy atom. The van der Waals surface area contributed by atoms with Crippen molar-refractivity contribution in [2.75, 3.05) is 0 Å². The molecule has 0 aliphatic carbocycles. The fourth-order valence-electron chi connectivity index (χ4n) is 0. The van der Waals surface area contributed by atoms with Crippen LogP contribution < -0.4 is 0 Å². The van der Waals surface area contributed by atoms with Crippen LogP contribution in [0.25, 0.3) is 0 Å². The average Bonchev–Trinajstić information content (AvgIpc) is 0.722. The first-order valence-electron chi connectivity index (χ1n) is 0.783. The molecule has 4 nitrogen and oxygen atoms in total. The first-order valence-corrected chi connectivity index (χ1v) is 2.35. The second-order valence-electron chi connectivity index (χ2n) is 0.513. The number of hydrogen-bond acceptors (Lipinski definition) is 1. The topological polar surface area (TPSA) is 77.8 Å². The van der Waals surface area contributed by atoms with Crippen molar-refractivity contribution < 1.29 is 58.7 Å². The molecule has 0 bridgehead atoms. The van der Waals surface area contributed by atoms with Crippen LogP contribution in [0.3, 0.4) is 0 Å². The molecule has 0 heterocycles. The van der Waals surface area contributed by atoms with Crippen LogP contribution in [0.1, 0.15) is 0 Å². The molecule has 0 aromatic carbocycles. The minimum atomic E-state index is -4.64. The van der Waals surface area contributed by atoms with Gasteiger partial charge in [0.15, 0.2) is 0 Å². The summed E-state index contributed by atoms with van der Waals surface area (Å²) in [5.41, 5.74) is 0. The van der Waals surface area contributed by atoms with E-state index in [9.17, 15) is 0 Å². The van der Waals surface area contributed by atoms with Gasteiger partial charge in [0.25, 0.3) is 0 Å². The van der Waals surface area contributed by atoms with E-state index >= 15 is 0 Å². The fraction of sp³-hybridized carbons (Fsp3) is 0. The SMILES string of the molecule is O=P(O)(O)O.[Fe].[Nb]. The molecule has 0 aliphatic rings. The maximum Gasteiger partial charge on any atom is 0.466 e. The number of hydrogen-bond donors (Lipinski definition) is 3. The van der Waals surface area contributed by atoms with Crippen LogP contribution in [0, 0.1) is 0 Å². The van der Waals surface area contributed by atoms with Gasteiger partial charge in [-0.3, -0.25) is 0 Å². The van der Waals surface area contributed by atoms with Crippen LogP contribution >= 0.6 is 7.82 Å². The molecule has 0 saturated carbocycles. The molecule has 0 atom stereocenters. The second kappa shape index (κ2) is 5.51. The van der Waals surface area contributed by atoms with Crippen molar-refractivity contribution in [2.45, 2.75) is 0 Å². The second-order valence-corrected chi connectivity index (χ2v) is 1.54. The summed E-state index contributed by atoms with van der Waals surface area (Å²) in [6.07, 6.45) is 0. The first-order chi connectivity index (χ1) is 2.00. The Kier molecular flexibility index (Phi) is 12.4. The third-order valence-corrected chi connectivity index (χ3v) is 0. The third kappa shape index (κ3) is 113. The Morgan fingerprint density at radius 2 is 1.14 bits per heavy atom. The van der Waals surface area contributed by atoms with E-state index in [4.69, 9.17) is 19.2 Å². The van der Waals surface area contributed by atoms with Gasteiger partial charge < -0.3 is 14.7 Å². The van der Waals surface area contributed by atoms with Crippen LogP contribution in [0.4, 0.5) is 0 Å². The summed E-state index contributed by atoms with van der Waals surface area (Å²) in [6, 6.07) is 0. The monoisotopic (exact) mass is 247 g/mol. The van der Waals surface area contributed by atoms with E-state index < -0.39 is 7.82 Å². The van der Waals surface area contributed by atoms with Crippen molar-refractivity contribution in [1.29, 1.82) is 0 Å². The average molecular weight is 247 g/mol. The molecule has 0 aromatic heterocycles. The molecule has 0 unspecified atom stereocenters. The van der Waals surface area contributed by atoms with Gasteiger partial charge in [-0.15, -0.1) is 0 Å². The van der Waals surface area contributed by atoms with Crippen LogP contribution in [-0.2, 0) is 44.0 Å². The van der Waals surface area contributed by atoms with Crippen LogP contribution in [0.15, 0.2) is 0 Å². The first kappa shape index (κ1) is 15.8. The Morgan fingerprint density at radius 3 is 1.14 bits per heavy atom. The molecule has 0 aromatic rings. The van der Waals surface area contributed by atoms with E-state index in [0.29, 0.717) is 0 Å². The van der Waals surface area contributed by atoms with Crippen LogP contribution in [0.5, 0.6) is 0 Å². The number of rotatable bonds is 0. The van der Waals surface area contributed by atoms with Crippen LogP contribution in [-0.4, -0.2) is 14.7 Å². The van der Waals surface area contributed by atoms with Gasteiger partial charge in [0, 0.05) is 39.4 Å². The summed E-state index contributed by atoms with van der Waals surface area (Å²) in [6.45, 7) is 0. The van der Waals surface area contributed by atoms with E-state index in [1.807, 2.05) is 0 Å². The molecule has 3 N–H and O–H groups in total. The molecule has 45 valence electrons. The summed E-state index contributed by atoms with van der Waals surface area (Å²) < 4.78 is 8.88. The largest absolute Gasteiger partial charge is 0.466 e. The molecule has 7 heavy (non-hydrogen) atoms. The van der Waals surface area contributed by atoms with E-state index in [0.717, 1.165) is 0 Å². The van der Waals surface area contributed by atoms with Gasteiger partial charge in [-0.25, -0.2) is 4.57 Å². The molecule has 0 rings (SSSR count). The standard InChI is InChI=1S/Fe.Nb.H3O4P/c;;1-5(2,3)4/h;;(H3,1,2,3,4). The smallest absolute Gasteiger partial charge is 0.303 e. The predicted molar refractivity (Wildman–Crippen MR) is 14.3 cm³/mol. The normalized spacial score (nSPS) is 8.43. The van der Waals surface area contributed by atoms with E-state index in [1.54, 1.807) is 0 Å². The Labute approximate surface area is 66.5 Å². The zero-order chi connectivity index (χ0) is 4.50. The molecule has 0 fully saturated rings. The van der Waals surface area contributed by atoms with Crippen molar-refractivity contribution in [2.24, 2.45) is 0 Å². The molecular formula is H3FeNbO4P. The van der Waals surface area contributed by atoms with Gasteiger partial charge in [-0.2, -0.15) is 0 Å². The molecule has 7 heteroatoms. The van der Waals surface area contributed by atoms with Crippen molar-refractivity contribution in [3.05, 3.63) is 0 Å². The predicted octanol–water partition coefficient (Wildman–Crippen LogP) is -0.934. The zero-order valence-electron chi connectivity index (χ0n) is 3.00. The van der Waals surface area contributed by atoms with Gasteiger partial charge >= 0.3 is 7.82 Å². The molecule has 0 amide bonds. The molecule has 0 saturated heterocycles. The minimum Gasteiger partial charge on any atom is -0.303 e. The maximum absolute atomic E-state index is 8.88. The molecule has 1 radical (unpaired) electrons. The molecule has 0 spiro atoms. The quantitative estimate of drug-likeness (QED) is 0.381. The van der Waals surface area contributed by atoms with Gasteiger partial charge in [0.2, 0.25) is 0 Å². The zero-order valence-corrected chi connectivity index (χ0v) is 7.20. The number of phosphoric acid groups is 1. The fourth-order valence-corrected chi connectivity index (χ4v) is 0. The summed E-state index contributed by atoms with van der Waals surface area (Å²) in [5, 5.41) is 0. The minimum absolute atomic E-state index is 0. The Bertz CT molecular complexity index is 57.8. The Balaban J connectivity index is -0.0000000800. The van der Waals surface area contributed by atoms with E-state index in [1.165, 1.54) is 0 Å². The van der Waals surface area contributed by atoms with Gasteiger partial charge in [-0.05, 0) is 0 Å². The summed E-state index contributed by atoms with van der Waals surface area (Å²) >= 11 is 0. The van der Waals surface area contributed by atoms with Gasteiger partial charge in [0.05, 0.1) is 0 Å². The summed E-state index contributed by atoms with van der Waals surface area (Å²) in [5.74, 6) is 0. The summed E-state index contributed by atoms with van der Waals surface area (Å²) in [7, 11) is -4.64. The van der Waals surface area contributed by atoms with Gasteiger partial charge in [0.1, 0.15) is 0 Å². The third-order valence-electron chi connectivity index (χ3n) is 0. The van der Waals surface area contributed by atoms with E-state index in [2.05, 4.69) is 0 Å². The van der Waals surface area contributed by atoms with Crippen LogP contribution in [0.2, 0.25) is 0 Å². The van der Waals surface area contributed by atoms with E-state index in [-0.39, 0.29) is 39.4 Å². The van der Waals surface area contributed by atoms with Crippen molar-refractivity contribution >= 4 is 7.82 Å². The van der Waals surface area contributed by atoms with Crippen molar-refractivity contribution in [1.82, 2.24) is 0 Å². The molecular weight excluding hydrogens is 244 g/mol. The van der Waals surface area contributed by atoms with Gasteiger partial charge in [-0.1, -0.05) is 0 Å².